The fourth-order valence-electron chi connectivity index (χ4n) is 5.16. The molecule has 2 fully saturated rings. The molecule has 2 aliphatic rings. The van der Waals surface area contributed by atoms with Crippen molar-refractivity contribution >= 4 is 5.91 Å². The van der Waals surface area contributed by atoms with E-state index in [-0.39, 0.29) is 24.0 Å². The van der Waals surface area contributed by atoms with Gasteiger partial charge in [0, 0.05) is 43.3 Å². The fourth-order valence-corrected chi connectivity index (χ4v) is 5.16. The number of benzene rings is 2. The van der Waals surface area contributed by atoms with Crippen molar-refractivity contribution in [3.8, 4) is 5.75 Å². The monoisotopic (exact) mass is 461 g/mol. The predicted molar refractivity (Wildman–Crippen MR) is 120 cm³/mol. The number of hydrogen-bond acceptors (Lipinski definition) is 4. The third-order valence-corrected chi connectivity index (χ3v) is 7.11. The Balaban J connectivity index is 1.44. The number of nitrogens with two attached hydrogens (primary N) is 1. The first-order chi connectivity index (χ1) is 15.6. The number of carbonyl (C=O) groups is 1. The van der Waals surface area contributed by atoms with Crippen molar-refractivity contribution < 1.29 is 22.7 Å². The predicted octanol–water partition coefficient (Wildman–Crippen LogP) is 4.32. The number of nitrogens with zero attached hydrogens (tertiary/aromatic N) is 2. The summed E-state index contributed by atoms with van der Waals surface area (Å²) in [5.74, 6) is 0.655. The quantitative estimate of drug-likeness (QED) is 0.696. The molecule has 8 heteroatoms. The van der Waals surface area contributed by atoms with E-state index in [0.29, 0.717) is 25.3 Å². The number of hydrogen-bond donors (Lipinski definition) is 1. The minimum Gasteiger partial charge on any atom is -0.492 e. The van der Waals surface area contributed by atoms with Gasteiger partial charge in [0.05, 0.1) is 5.56 Å². The molecule has 0 radical (unpaired) electrons. The van der Waals surface area contributed by atoms with Gasteiger partial charge in [0.15, 0.2) is 0 Å². The first-order valence-corrected chi connectivity index (χ1v) is 11.3. The molecule has 0 spiro atoms. The minimum atomic E-state index is -4.41. The van der Waals surface area contributed by atoms with E-state index in [9.17, 15) is 18.0 Å². The van der Waals surface area contributed by atoms with Crippen LogP contribution >= 0.6 is 0 Å². The number of carbonyl (C=O) groups excluding carboxylic acids is 1. The van der Waals surface area contributed by atoms with Crippen molar-refractivity contribution in [2.24, 2.45) is 5.73 Å². The molecule has 3 atom stereocenters. The molecular formula is C25H30F3N3O2. The Hall–Kier alpha value is -2.58. The highest BCUT2D eigenvalue weighted by molar-refractivity contribution is 5.94. The summed E-state index contributed by atoms with van der Waals surface area (Å²) in [7, 11) is 0. The smallest absolute Gasteiger partial charge is 0.416 e. The SMILES string of the molecule is Cc1c(OCCN)ccc([C@H](C)N2CC3CC2CN3C(=O)c2ccc(C(F)(F)F)cc2)c1C. The molecule has 5 nitrogen and oxygen atoms in total. The highest BCUT2D eigenvalue weighted by atomic mass is 19.4. The maximum absolute atomic E-state index is 13.0. The van der Waals surface area contributed by atoms with Gasteiger partial charge in [-0.25, -0.2) is 0 Å². The lowest BCUT2D eigenvalue weighted by molar-refractivity contribution is -0.137. The van der Waals surface area contributed by atoms with Gasteiger partial charge in [-0.2, -0.15) is 13.2 Å². The van der Waals surface area contributed by atoms with Crippen LogP contribution in [0.5, 0.6) is 5.75 Å². The molecule has 2 heterocycles. The van der Waals surface area contributed by atoms with E-state index in [0.717, 1.165) is 36.4 Å². The lowest BCUT2D eigenvalue weighted by Crippen LogP contribution is -2.49. The summed E-state index contributed by atoms with van der Waals surface area (Å²) in [6.07, 6.45) is -3.53. The molecule has 2 saturated heterocycles. The molecule has 2 bridgehead atoms. The van der Waals surface area contributed by atoms with Gasteiger partial charge in [-0.1, -0.05) is 6.07 Å². The summed E-state index contributed by atoms with van der Waals surface area (Å²) in [5, 5.41) is 0. The maximum atomic E-state index is 13.0. The van der Waals surface area contributed by atoms with Gasteiger partial charge in [0.2, 0.25) is 0 Å². The van der Waals surface area contributed by atoms with Gasteiger partial charge < -0.3 is 15.4 Å². The molecule has 2 aromatic carbocycles. The van der Waals surface area contributed by atoms with Gasteiger partial charge >= 0.3 is 6.18 Å². The first kappa shape index (κ1) is 23.6. The molecule has 2 aromatic rings. The number of rotatable bonds is 6. The van der Waals surface area contributed by atoms with E-state index in [2.05, 4.69) is 31.7 Å². The summed E-state index contributed by atoms with van der Waals surface area (Å²) in [5.41, 5.74) is 8.64. The molecule has 178 valence electrons. The van der Waals surface area contributed by atoms with Crippen molar-refractivity contribution in [1.29, 1.82) is 0 Å². The van der Waals surface area contributed by atoms with Crippen LogP contribution in [0.3, 0.4) is 0 Å². The van der Waals surface area contributed by atoms with Crippen molar-refractivity contribution in [1.82, 2.24) is 9.80 Å². The van der Waals surface area contributed by atoms with E-state index in [1.54, 1.807) is 0 Å². The van der Waals surface area contributed by atoms with Crippen LogP contribution in [0.15, 0.2) is 36.4 Å². The summed E-state index contributed by atoms with van der Waals surface area (Å²) < 4.78 is 44.2. The Morgan fingerprint density at radius 2 is 1.79 bits per heavy atom. The molecule has 4 rings (SSSR count). The summed E-state index contributed by atoms with van der Waals surface area (Å²) in [6.45, 7) is 8.63. The largest absolute Gasteiger partial charge is 0.492 e. The van der Waals surface area contributed by atoms with Crippen molar-refractivity contribution in [2.75, 3.05) is 26.2 Å². The van der Waals surface area contributed by atoms with Crippen LogP contribution in [-0.2, 0) is 6.18 Å². The standard InChI is InChI=1S/C25H30F3N3O2/c1-15-16(2)23(33-11-10-29)9-8-22(15)17(3)30-13-21-12-20(30)14-31(21)24(32)18-4-6-19(7-5-18)25(26,27)28/h4-9,17,20-21H,10-14,29H2,1-3H3/t17-,20?,21?/m0/s1. The van der Waals surface area contributed by atoms with Gasteiger partial charge in [0.1, 0.15) is 12.4 Å². The molecule has 0 aromatic heterocycles. The van der Waals surface area contributed by atoms with Gasteiger partial charge in [-0.05, 0) is 74.2 Å². The second-order valence-electron chi connectivity index (χ2n) is 8.99. The molecule has 2 aliphatic heterocycles. The highest BCUT2D eigenvalue weighted by Gasteiger charge is 2.47. The Kier molecular flexibility index (Phi) is 6.42. The fraction of sp³-hybridized carbons (Fsp3) is 0.480. The highest BCUT2D eigenvalue weighted by Crippen LogP contribution is 2.39. The zero-order valence-electron chi connectivity index (χ0n) is 19.2. The average Bonchev–Trinajstić information content (AvgIpc) is 3.40. The van der Waals surface area contributed by atoms with Crippen molar-refractivity contribution in [2.45, 2.75) is 51.5 Å². The lowest BCUT2D eigenvalue weighted by atomic mass is 9.96. The van der Waals surface area contributed by atoms with Crippen LogP contribution in [0.2, 0.25) is 0 Å². The zero-order chi connectivity index (χ0) is 23.9. The van der Waals surface area contributed by atoms with E-state index >= 15 is 0 Å². The summed E-state index contributed by atoms with van der Waals surface area (Å²) >= 11 is 0. The van der Waals surface area contributed by atoms with E-state index < -0.39 is 11.7 Å². The van der Waals surface area contributed by atoms with Crippen LogP contribution in [0, 0.1) is 13.8 Å². The number of fused-ring (bicyclic) bond motifs is 2. The Morgan fingerprint density at radius 3 is 2.36 bits per heavy atom. The summed E-state index contributed by atoms with van der Waals surface area (Å²) in [4.78, 5) is 17.2. The Labute approximate surface area is 192 Å². The summed E-state index contributed by atoms with van der Waals surface area (Å²) in [6, 6.07) is 9.09. The van der Waals surface area contributed by atoms with Gasteiger partial charge in [-0.3, -0.25) is 9.69 Å². The maximum Gasteiger partial charge on any atom is 0.416 e. The molecule has 0 aliphatic carbocycles. The zero-order valence-corrected chi connectivity index (χ0v) is 19.2. The number of halogens is 3. The molecule has 0 saturated carbocycles. The van der Waals surface area contributed by atoms with E-state index in [1.807, 2.05) is 11.0 Å². The third kappa shape index (κ3) is 4.46. The second kappa shape index (κ2) is 8.99. The molecule has 33 heavy (non-hydrogen) atoms. The normalized spacial score (nSPS) is 21.5. The van der Waals surface area contributed by atoms with E-state index in [4.69, 9.17) is 10.5 Å². The van der Waals surface area contributed by atoms with Crippen LogP contribution in [0.4, 0.5) is 13.2 Å². The average molecular weight is 462 g/mol. The number of ether oxygens (including phenoxy) is 1. The molecule has 2 unspecified atom stereocenters. The number of amides is 1. The second-order valence-corrected chi connectivity index (χ2v) is 8.99. The minimum absolute atomic E-state index is 0.0702. The Bertz CT molecular complexity index is 1020. The van der Waals surface area contributed by atoms with E-state index in [1.165, 1.54) is 23.3 Å². The number of piperazine rings is 1. The molecule has 1 amide bonds. The lowest BCUT2D eigenvalue weighted by Gasteiger charge is -2.38. The van der Waals surface area contributed by atoms with Crippen LogP contribution < -0.4 is 10.5 Å². The van der Waals surface area contributed by atoms with Crippen LogP contribution in [-0.4, -0.2) is 54.0 Å². The number of likely N-dealkylation sites (tertiary alicyclic amines) is 2. The van der Waals surface area contributed by atoms with Crippen LogP contribution in [0.25, 0.3) is 0 Å². The third-order valence-electron chi connectivity index (χ3n) is 7.11. The van der Waals surface area contributed by atoms with Gasteiger partial charge in [-0.15, -0.1) is 0 Å². The van der Waals surface area contributed by atoms with Crippen molar-refractivity contribution in [3.05, 3.63) is 64.2 Å². The Morgan fingerprint density at radius 1 is 1.09 bits per heavy atom. The van der Waals surface area contributed by atoms with Crippen LogP contribution in [0.1, 0.15) is 52.0 Å². The van der Waals surface area contributed by atoms with Gasteiger partial charge in [0.25, 0.3) is 5.91 Å². The molecular weight excluding hydrogens is 431 g/mol. The number of alkyl halides is 3. The van der Waals surface area contributed by atoms with Crippen molar-refractivity contribution in [3.63, 3.8) is 0 Å². The first-order valence-electron chi connectivity index (χ1n) is 11.3. The molecule has 2 N–H and O–H groups in total. The topological polar surface area (TPSA) is 58.8 Å².